The molecule has 2 rings (SSSR count). The van der Waals surface area contributed by atoms with Gasteiger partial charge in [-0.05, 0) is 12.1 Å². The van der Waals surface area contributed by atoms with Crippen molar-refractivity contribution in [1.82, 2.24) is 9.80 Å². The van der Waals surface area contributed by atoms with E-state index in [2.05, 4.69) is 0 Å². The molecule has 0 aliphatic carbocycles. The second-order valence-corrected chi connectivity index (χ2v) is 4.57. The van der Waals surface area contributed by atoms with Gasteiger partial charge in [-0.25, -0.2) is 0 Å². The summed E-state index contributed by atoms with van der Waals surface area (Å²) in [5.74, 6) is -0.548. The molecule has 7 nitrogen and oxygen atoms in total. The number of hydrogen-bond acceptors (Lipinski definition) is 5. The third-order valence-corrected chi connectivity index (χ3v) is 3.06. The van der Waals surface area contributed by atoms with Crippen LogP contribution in [0.2, 0.25) is 0 Å². The molecule has 0 bridgehead atoms. The van der Waals surface area contributed by atoms with Gasteiger partial charge in [0, 0.05) is 20.1 Å². The lowest BCUT2D eigenvalue weighted by Gasteiger charge is -2.20. The fourth-order valence-electron chi connectivity index (χ4n) is 1.94. The Morgan fingerprint density at radius 2 is 2.05 bits per heavy atom. The Kier molecular flexibility index (Phi) is 3.87. The Balaban J connectivity index is 1.91. The Labute approximate surface area is 110 Å². The van der Waals surface area contributed by atoms with E-state index < -0.39 is 18.1 Å². The molecule has 1 fully saturated rings. The molecule has 2 heterocycles. The van der Waals surface area contributed by atoms with Crippen LogP contribution in [0.3, 0.4) is 0 Å². The molecule has 19 heavy (non-hydrogen) atoms. The van der Waals surface area contributed by atoms with Crippen LogP contribution in [-0.4, -0.2) is 70.7 Å². The molecule has 1 aliphatic rings. The summed E-state index contributed by atoms with van der Waals surface area (Å²) in [7, 11) is 1.49. The number of rotatable bonds is 3. The average molecular weight is 268 g/mol. The summed E-state index contributed by atoms with van der Waals surface area (Å²) in [4.78, 5) is 26.3. The van der Waals surface area contributed by atoms with Gasteiger partial charge >= 0.3 is 0 Å². The quantitative estimate of drug-likeness (QED) is 0.727. The van der Waals surface area contributed by atoms with E-state index in [0.717, 1.165) is 0 Å². The maximum absolute atomic E-state index is 11.9. The summed E-state index contributed by atoms with van der Waals surface area (Å²) in [5, 5.41) is 18.7. The summed E-state index contributed by atoms with van der Waals surface area (Å²) in [6, 6.07) is 3.11. The van der Waals surface area contributed by atoms with E-state index in [9.17, 15) is 19.8 Å². The van der Waals surface area contributed by atoms with Gasteiger partial charge in [0.15, 0.2) is 5.76 Å². The molecule has 2 atom stereocenters. The number of aliphatic hydroxyl groups excluding tert-OH is 2. The van der Waals surface area contributed by atoms with E-state index in [4.69, 9.17) is 4.42 Å². The van der Waals surface area contributed by atoms with Gasteiger partial charge in [-0.3, -0.25) is 9.59 Å². The molecule has 2 unspecified atom stereocenters. The summed E-state index contributed by atoms with van der Waals surface area (Å²) in [6.07, 6.45) is -0.458. The molecule has 1 aromatic heterocycles. The van der Waals surface area contributed by atoms with Crippen molar-refractivity contribution in [3.63, 3.8) is 0 Å². The molecular weight excluding hydrogens is 252 g/mol. The molecular formula is C12H16N2O5. The lowest BCUT2D eigenvalue weighted by Crippen LogP contribution is -2.40. The zero-order valence-electron chi connectivity index (χ0n) is 10.5. The number of likely N-dealkylation sites (tertiary alicyclic amines) is 1. The van der Waals surface area contributed by atoms with Crippen LogP contribution in [0.4, 0.5) is 0 Å². The van der Waals surface area contributed by atoms with Crippen molar-refractivity contribution < 1.29 is 24.2 Å². The topological polar surface area (TPSA) is 94.2 Å². The highest BCUT2D eigenvalue weighted by Gasteiger charge is 2.33. The number of β-amino-alcohol motifs (C(OH)–C–C–N with tert-alkyl or cyclic N) is 2. The van der Waals surface area contributed by atoms with Crippen LogP contribution in [0.5, 0.6) is 0 Å². The Hall–Kier alpha value is -1.86. The molecule has 0 spiro atoms. The minimum atomic E-state index is -0.921. The number of nitrogens with zero attached hydrogens (tertiary/aromatic N) is 2. The highest BCUT2D eigenvalue weighted by atomic mass is 16.3. The smallest absolute Gasteiger partial charge is 0.289 e. The monoisotopic (exact) mass is 268 g/mol. The predicted molar refractivity (Wildman–Crippen MR) is 64.3 cm³/mol. The first-order valence-electron chi connectivity index (χ1n) is 5.92. The highest BCUT2D eigenvalue weighted by Crippen LogP contribution is 2.11. The van der Waals surface area contributed by atoms with Crippen molar-refractivity contribution in [2.24, 2.45) is 0 Å². The van der Waals surface area contributed by atoms with Crippen molar-refractivity contribution in [2.75, 3.05) is 26.7 Å². The van der Waals surface area contributed by atoms with Crippen LogP contribution in [0.1, 0.15) is 10.6 Å². The number of hydrogen-bond donors (Lipinski definition) is 2. The van der Waals surface area contributed by atoms with Gasteiger partial charge in [0.25, 0.3) is 5.91 Å². The van der Waals surface area contributed by atoms with E-state index in [0.29, 0.717) is 0 Å². The lowest BCUT2D eigenvalue weighted by atomic mass is 10.3. The van der Waals surface area contributed by atoms with Crippen LogP contribution in [0, 0.1) is 0 Å². The molecule has 0 radical (unpaired) electrons. The SMILES string of the molecule is CN(CC(=O)N1CC(O)C(O)C1)C(=O)c1ccco1. The number of aliphatic hydroxyl groups is 2. The zero-order valence-corrected chi connectivity index (χ0v) is 10.5. The van der Waals surface area contributed by atoms with Gasteiger partial charge in [0.1, 0.15) is 0 Å². The largest absolute Gasteiger partial charge is 0.459 e. The Bertz CT molecular complexity index is 449. The predicted octanol–water partition coefficient (Wildman–Crippen LogP) is -1.08. The van der Waals surface area contributed by atoms with E-state index in [1.54, 1.807) is 6.07 Å². The van der Waals surface area contributed by atoms with Crippen molar-refractivity contribution in [3.05, 3.63) is 24.2 Å². The van der Waals surface area contributed by atoms with Crippen molar-refractivity contribution in [2.45, 2.75) is 12.2 Å². The zero-order chi connectivity index (χ0) is 14.0. The normalized spacial score (nSPS) is 22.6. The van der Waals surface area contributed by atoms with Gasteiger partial charge in [-0.1, -0.05) is 0 Å². The maximum Gasteiger partial charge on any atom is 0.289 e. The van der Waals surface area contributed by atoms with Crippen LogP contribution in [0.15, 0.2) is 22.8 Å². The van der Waals surface area contributed by atoms with Crippen LogP contribution >= 0.6 is 0 Å². The fourth-order valence-corrected chi connectivity index (χ4v) is 1.94. The van der Waals surface area contributed by atoms with E-state index >= 15 is 0 Å². The van der Waals surface area contributed by atoms with Crippen molar-refractivity contribution >= 4 is 11.8 Å². The molecule has 104 valence electrons. The van der Waals surface area contributed by atoms with Gasteiger partial charge in [-0.15, -0.1) is 0 Å². The summed E-state index contributed by atoms with van der Waals surface area (Å²) in [5.41, 5.74) is 0. The van der Waals surface area contributed by atoms with Gasteiger partial charge in [-0.2, -0.15) is 0 Å². The average Bonchev–Trinajstić information content (AvgIpc) is 2.99. The first kappa shape index (κ1) is 13.6. The number of furan rings is 1. The van der Waals surface area contributed by atoms with Crippen molar-refractivity contribution in [3.8, 4) is 0 Å². The molecule has 1 aromatic rings. The van der Waals surface area contributed by atoms with Crippen molar-refractivity contribution in [1.29, 1.82) is 0 Å². The summed E-state index contributed by atoms with van der Waals surface area (Å²) in [6.45, 7) is 0.0462. The number of amides is 2. The molecule has 1 aliphatic heterocycles. The van der Waals surface area contributed by atoms with E-state index in [1.807, 2.05) is 0 Å². The first-order valence-corrected chi connectivity index (χ1v) is 5.92. The minimum Gasteiger partial charge on any atom is -0.459 e. The molecule has 0 saturated carbocycles. The fraction of sp³-hybridized carbons (Fsp3) is 0.500. The summed E-state index contributed by atoms with van der Waals surface area (Å²) < 4.78 is 4.96. The highest BCUT2D eigenvalue weighted by molar-refractivity contribution is 5.94. The molecule has 2 amide bonds. The van der Waals surface area contributed by atoms with Gasteiger partial charge < -0.3 is 24.4 Å². The number of carbonyl (C=O) groups excluding carboxylic acids is 2. The Morgan fingerprint density at radius 1 is 1.42 bits per heavy atom. The number of carbonyl (C=O) groups is 2. The third kappa shape index (κ3) is 2.94. The van der Waals surface area contributed by atoms with E-state index in [-0.39, 0.29) is 31.3 Å². The minimum absolute atomic E-state index is 0.0861. The van der Waals surface area contributed by atoms with E-state index in [1.165, 1.54) is 29.2 Å². The molecule has 2 N–H and O–H groups in total. The van der Waals surface area contributed by atoms with Gasteiger partial charge in [0.05, 0.1) is 25.0 Å². The number of likely N-dealkylation sites (N-methyl/N-ethyl adjacent to an activating group) is 1. The molecule has 1 saturated heterocycles. The third-order valence-electron chi connectivity index (χ3n) is 3.06. The maximum atomic E-state index is 11.9. The standard InChI is InChI=1S/C12H16N2O5/c1-13(12(18)10-3-2-4-19-10)7-11(17)14-5-8(15)9(16)6-14/h2-4,8-9,15-16H,5-7H2,1H3. The second kappa shape index (κ2) is 5.41. The van der Waals surface area contributed by atoms with Gasteiger partial charge in [0.2, 0.25) is 5.91 Å². The second-order valence-electron chi connectivity index (χ2n) is 4.57. The Morgan fingerprint density at radius 3 is 2.58 bits per heavy atom. The van der Waals surface area contributed by atoms with Crippen LogP contribution in [-0.2, 0) is 4.79 Å². The van der Waals surface area contributed by atoms with Crippen LogP contribution < -0.4 is 0 Å². The first-order chi connectivity index (χ1) is 8.99. The summed E-state index contributed by atoms with van der Waals surface area (Å²) >= 11 is 0. The van der Waals surface area contributed by atoms with Crippen LogP contribution in [0.25, 0.3) is 0 Å². The molecule has 7 heteroatoms. The lowest BCUT2D eigenvalue weighted by molar-refractivity contribution is -0.131. The molecule has 0 aromatic carbocycles.